The van der Waals surface area contributed by atoms with E-state index in [0.29, 0.717) is 28.9 Å². The molecule has 0 saturated carbocycles. The zero-order chi connectivity index (χ0) is 18.1. The number of carbonyl (C=O) groups excluding carboxylic acids is 1. The van der Waals surface area contributed by atoms with Crippen molar-refractivity contribution in [2.24, 2.45) is 0 Å². The predicted octanol–water partition coefficient (Wildman–Crippen LogP) is 3.06. The second kappa shape index (κ2) is 6.51. The van der Waals surface area contributed by atoms with Crippen LogP contribution in [0.2, 0.25) is 0 Å². The number of fused-ring (bicyclic) bond motifs is 1. The molecule has 7 heteroatoms. The Bertz CT molecular complexity index is 953. The lowest BCUT2D eigenvalue weighted by Crippen LogP contribution is -2.44. The van der Waals surface area contributed by atoms with Gasteiger partial charge in [-0.05, 0) is 31.2 Å². The third kappa shape index (κ3) is 2.77. The quantitative estimate of drug-likeness (QED) is 0.719. The van der Waals surface area contributed by atoms with E-state index in [1.165, 1.54) is 0 Å². The van der Waals surface area contributed by atoms with Gasteiger partial charge in [0.25, 0.3) is 5.91 Å². The van der Waals surface area contributed by atoms with E-state index >= 15 is 0 Å². The fraction of sp³-hybridized carbons (Fsp3) is 0.211. The van der Waals surface area contributed by atoms with Gasteiger partial charge in [0, 0.05) is 0 Å². The van der Waals surface area contributed by atoms with E-state index in [2.05, 4.69) is 10.1 Å². The van der Waals surface area contributed by atoms with Crippen LogP contribution in [0.5, 0.6) is 11.5 Å². The molecule has 0 saturated heterocycles. The summed E-state index contributed by atoms with van der Waals surface area (Å²) in [5, 5.41) is 4.03. The first kappa shape index (κ1) is 16.1. The summed E-state index contributed by atoms with van der Waals surface area (Å²) in [6, 6.07) is 14.8. The summed E-state index contributed by atoms with van der Waals surface area (Å²) in [6.45, 7) is 1.89. The summed E-state index contributed by atoms with van der Waals surface area (Å²) in [7, 11) is 1.59. The molecule has 1 aliphatic heterocycles. The number of hydrogen-bond donors (Lipinski definition) is 0. The Morgan fingerprint density at radius 1 is 1.15 bits per heavy atom. The fourth-order valence-electron chi connectivity index (χ4n) is 2.92. The molecule has 0 N–H and O–H groups in total. The Balaban J connectivity index is 1.64. The van der Waals surface area contributed by atoms with Crippen LogP contribution < -0.4 is 14.4 Å². The normalized spacial score (nSPS) is 16.2. The Kier molecular flexibility index (Phi) is 4.04. The molecule has 132 valence electrons. The Morgan fingerprint density at radius 3 is 2.77 bits per heavy atom. The van der Waals surface area contributed by atoms with Gasteiger partial charge in [0.1, 0.15) is 18.0 Å². The number of benzene rings is 2. The third-order valence-corrected chi connectivity index (χ3v) is 4.18. The van der Waals surface area contributed by atoms with Crippen LogP contribution in [-0.4, -0.2) is 29.3 Å². The molecule has 2 aromatic carbocycles. The molecule has 1 unspecified atom stereocenters. The molecule has 0 fully saturated rings. The topological polar surface area (TPSA) is 77.7 Å². The highest BCUT2D eigenvalue weighted by Gasteiger charge is 2.32. The minimum atomic E-state index is -0.568. The first-order valence-corrected chi connectivity index (χ1v) is 8.20. The Morgan fingerprint density at radius 2 is 1.92 bits per heavy atom. The minimum absolute atomic E-state index is 0.152. The lowest BCUT2D eigenvalue weighted by molar-refractivity contribution is -0.125. The molecule has 0 aliphatic carbocycles. The number of ether oxygens (including phenoxy) is 2. The van der Waals surface area contributed by atoms with Crippen LogP contribution in [-0.2, 0) is 11.3 Å². The van der Waals surface area contributed by atoms with Crippen LogP contribution in [0.15, 0.2) is 53.1 Å². The van der Waals surface area contributed by atoms with Gasteiger partial charge >= 0.3 is 0 Å². The van der Waals surface area contributed by atoms with Crippen LogP contribution in [0.1, 0.15) is 12.8 Å². The van der Waals surface area contributed by atoms with Crippen molar-refractivity contribution in [1.82, 2.24) is 10.1 Å². The molecular weight excluding hydrogens is 334 g/mol. The van der Waals surface area contributed by atoms with Crippen LogP contribution in [0, 0.1) is 0 Å². The molecule has 1 aliphatic rings. The van der Waals surface area contributed by atoms with Gasteiger partial charge < -0.3 is 14.0 Å². The number of amides is 1. The van der Waals surface area contributed by atoms with Gasteiger partial charge in [0.05, 0.1) is 18.4 Å². The predicted molar refractivity (Wildman–Crippen MR) is 94.0 cm³/mol. The highest BCUT2D eigenvalue weighted by atomic mass is 16.5. The van der Waals surface area contributed by atoms with Gasteiger partial charge in [-0.15, -0.1) is 0 Å². The summed E-state index contributed by atoms with van der Waals surface area (Å²) >= 11 is 0. The maximum Gasteiger partial charge on any atom is 0.268 e. The highest BCUT2D eigenvalue weighted by molar-refractivity contribution is 5.99. The molecule has 26 heavy (non-hydrogen) atoms. The molecular formula is C19H17N3O4. The van der Waals surface area contributed by atoms with Gasteiger partial charge in [-0.2, -0.15) is 4.98 Å². The number of anilines is 1. The van der Waals surface area contributed by atoms with Gasteiger partial charge in [-0.25, -0.2) is 0 Å². The third-order valence-electron chi connectivity index (χ3n) is 4.18. The Hall–Kier alpha value is -3.35. The zero-order valence-electron chi connectivity index (χ0n) is 14.4. The van der Waals surface area contributed by atoms with E-state index in [1.807, 2.05) is 48.5 Å². The SMILES string of the molecule is COc1ccccc1-c1noc(CN2C(=O)C(C)Oc3ccccc32)n1. The number of carbonyl (C=O) groups is 1. The largest absolute Gasteiger partial charge is 0.496 e. The number of nitrogens with zero attached hydrogens (tertiary/aromatic N) is 3. The molecule has 0 spiro atoms. The van der Waals surface area contributed by atoms with Gasteiger partial charge in [-0.3, -0.25) is 9.69 Å². The summed E-state index contributed by atoms with van der Waals surface area (Å²) in [5.74, 6) is 1.91. The molecule has 7 nitrogen and oxygen atoms in total. The average Bonchev–Trinajstić information content (AvgIpc) is 3.14. The maximum absolute atomic E-state index is 12.6. The van der Waals surface area contributed by atoms with E-state index in [4.69, 9.17) is 14.0 Å². The van der Waals surface area contributed by atoms with Crippen molar-refractivity contribution in [3.63, 3.8) is 0 Å². The summed E-state index contributed by atoms with van der Waals surface area (Å²) in [5.41, 5.74) is 1.42. The number of aromatic nitrogens is 2. The fourth-order valence-corrected chi connectivity index (χ4v) is 2.92. The second-order valence-corrected chi connectivity index (χ2v) is 5.86. The molecule has 1 aromatic heterocycles. The number of para-hydroxylation sites is 3. The molecule has 4 rings (SSSR count). The first-order chi connectivity index (χ1) is 12.7. The molecule has 0 bridgehead atoms. The molecule has 1 atom stereocenters. The van der Waals surface area contributed by atoms with E-state index in [1.54, 1.807) is 18.9 Å². The van der Waals surface area contributed by atoms with Crippen molar-refractivity contribution < 1.29 is 18.8 Å². The van der Waals surface area contributed by atoms with E-state index in [9.17, 15) is 4.79 Å². The van der Waals surface area contributed by atoms with Gasteiger partial charge in [0.15, 0.2) is 6.10 Å². The van der Waals surface area contributed by atoms with Crippen molar-refractivity contribution in [1.29, 1.82) is 0 Å². The second-order valence-electron chi connectivity index (χ2n) is 5.86. The molecule has 3 aromatic rings. The summed E-state index contributed by atoms with van der Waals surface area (Å²) in [6.07, 6.45) is -0.568. The van der Waals surface area contributed by atoms with Crippen molar-refractivity contribution in [3.05, 3.63) is 54.4 Å². The lowest BCUT2D eigenvalue weighted by Gasteiger charge is -2.31. The minimum Gasteiger partial charge on any atom is -0.496 e. The highest BCUT2D eigenvalue weighted by Crippen LogP contribution is 2.35. The average molecular weight is 351 g/mol. The number of methoxy groups -OCH3 is 1. The van der Waals surface area contributed by atoms with Crippen molar-refractivity contribution in [2.75, 3.05) is 12.0 Å². The first-order valence-electron chi connectivity index (χ1n) is 8.20. The number of hydrogen-bond acceptors (Lipinski definition) is 6. The van der Waals surface area contributed by atoms with Crippen LogP contribution in [0.3, 0.4) is 0 Å². The monoisotopic (exact) mass is 351 g/mol. The zero-order valence-corrected chi connectivity index (χ0v) is 14.4. The number of rotatable bonds is 4. The summed E-state index contributed by atoms with van der Waals surface area (Å²) < 4.78 is 16.3. The maximum atomic E-state index is 12.6. The van der Waals surface area contributed by atoms with Crippen molar-refractivity contribution in [3.8, 4) is 22.9 Å². The molecule has 0 radical (unpaired) electrons. The molecule has 1 amide bonds. The summed E-state index contributed by atoms with van der Waals surface area (Å²) in [4.78, 5) is 18.6. The van der Waals surface area contributed by atoms with Crippen LogP contribution in [0.4, 0.5) is 5.69 Å². The van der Waals surface area contributed by atoms with E-state index < -0.39 is 6.10 Å². The van der Waals surface area contributed by atoms with Gasteiger partial charge in [0.2, 0.25) is 11.7 Å². The standard InChI is InChI=1S/C19H17N3O4/c1-12-19(23)22(14-8-4-6-10-16(14)25-12)11-17-20-18(21-26-17)13-7-3-5-9-15(13)24-2/h3-10,12H,11H2,1-2H3. The lowest BCUT2D eigenvalue weighted by atomic mass is 10.2. The van der Waals surface area contributed by atoms with Gasteiger partial charge in [-0.1, -0.05) is 29.4 Å². The van der Waals surface area contributed by atoms with E-state index in [-0.39, 0.29) is 12.5 Å². The smallest absolute Gasteiger partial charge is 0.268 e. The van der Waals surface area contributed by atoms with Crippen LogP contribution >= 0.6 is 0 Å². The van der Waals surface area contributed by atoms with Crippen LogP contribution in [0.25, 0.3) is 11.4 Å². The van der Waals surface area contributed by atoms with E-state index in [0.717, 1.165) is 5.56 Å². The van der Waals surface area contributed by atoms with Crippen molar-refractivity contribution in [2.45, 2.75) is 19.6 Å². The van der Waals surface area contributed by atoms with Crippen molar-refractivity contribution >= 4 is 11.6 Å². The Labute approximate surface area is 150 Å². The molecule has 2 heterocycles.